The molecule has 1 aliphatic rings. The van der Waals surface area contributed by atoms with Crippen LogP contribution in [0.25, 0.3) is 0 Å². The van der Waals surface area contributed by atoms with Gasteiger partial charge in [0.25, 0.3) is 5.91 Å². The van der Waals surface area contributed by atoms with Gasteiger partial charge in [-0.25, -0.2) is 4.39 Å². The minimum Gasteiger partial charge on any atom is -0.396 e. The molecule has 1 heterocycles. The highest BCUT2D eigenvalue weighted by atomic mass is 32.2. The van der Waals surface area contributed by atoms with E-state index in [1.165, 1.54) is 18.2 Å². The van der Waals surface area contributed by atoms with Crippen molar-refractivity contribution in [2.24, 2.45) is 0 Å². The zero-order chi connectivity index (χ0) is 12.4. The minimum absolute atomic E-state index is 0.0186. The van der Waals surface area contributed by atoms with Crippen LogP contribution in [0.1, 0.15) is 16.8 Å². The molecule has 1 atom stereocenters. The average Bonchev–Trinajstić information content (AvgIpc) is 2.84. The fraction of sp³-hybridized carbons (Fsp3) is 0.417. The van der Waals surface area contributed by atoms with E-state index in [1.807, 2.05) is 11.8 Å². The van der Waals surface area contributed by atoms with Gasteiger partial charge < -0.3 is 10.6 Å². The highest BCUT2D eigenvalue weighted by molar-refractivity contribution is 7.99. The molecule has 1 fully saturated rings. The highest BCUT2D eigenvalue weighted by Gasteiger charge is 2.24. The quantitative estimate of drug-likeness (QED) is 0.821. The Morgan fingerprint density at radius 3 is 2.94 bits per heavy atom. The maximum absolute atomic E-state index is 13.0. The molecule has 1 aliphatic heterocycles. The Balaban J connectivity index is 2.15. The first-order chi connectivity index (χ1) is 8.09. The number of amides is 1. The summed E-state index contributed by atoms with van der Waals surface area (Å²) >= 11 is 1.85. The van der Waals surface area contributed by atoms with Gasteiger partial charge in [0, 0.05) is 24.4 Å². The Labute approximate surface area is 104 Å². The number of anilines is 1. The number of nitrogen functional groups attached to an aromatic ring is 1. The summed E-state index contributed by atoms with van der Waals surface area (Å²) in [6.45, 7) is 0. The molecule has 17 heavy (non-hydrogen) atoms. The minimum atomic E-state index is -0.486. The van der Waals surface area contributed by atoms with Gasteiger partial charge in [-0.3, -0.25) is 4.79 Å². The molecule has 1 amide bonds. The van der Waals surface area contributed by atoms with Crippen molar-refractivity contribution >= 4 is 23.4 Å². The molecule has 0 radical (unpaired) electrons. The standard InChI is InChI=1S/C12H15FN2OS/c1-15(9-4-5-17-7-9)12(16)8-2-3-10(13)11(14)6-8/h2-3,6,9H,4-5,7,14H2,1H3. The molecule has 0 aliphatic carbocycles. The molecule has 5 heteroatoms. The normalized spacial score (nSPS) is 19.3. The van der Waals surface area contributed by atoms with Gasteiger partial charge in [-0.05, 0) is 30.4 Å². The van der Waals surface area contributed by atoms with Gasteiger partial charge in [-0.1, -0.05) is 0 Å². The van der Waals surface area contributed by atoms with Crippen LogP contribution >= 0.6 is 11.8 Å². The molecular formula is C12H15FN2OS. The summed E-state index contributed by atoms with van der Waals surface area (Å²) in [7, 11) is 1.79. The molecule has 1 aromatic carbocycles. The number of halogens is 1. The van der Waals surface area contributed by atoms with Crippen molar-refractivity contribution in [3.05, 3.63) is 29.6 Å². The van der Waals surface area contributed by atoms with Gasteiger partial charge in [0.2, 0.25) is 0 Å². The van der Waals surface area contributed by atoms with Gasteiger partial charge in [-0.2, -0.15) is 11.8 Å². The third kappa shape index (κ3) is 2.54. The lowest BCUT2D eigenvalue weighted by Gasteiger charge is -2.23. The van der Waals surface area contributed by atoms with Gasteiger partial charge >= 0.3 is 0 Å². The summed E-state index contributed by atoms with van der Waals surface area (Å²) < 4.78 is 13.0. The lowest BCUT2D eigenvalue weighted by atomic mass is 10.1. The number of hydrogen-bond acceptors (Lipinski definition) is 3. The van der Waals surface area contributed by atoms with Gasteiger partial charge in [0.1, 0.15) is 5.82 Å². The molecular weight excluding hydrogens is 239 g/mol. The first-order valence-electron chi connectivity index (χ1n) is 5.49. The van der Waals surface area contributed by atoms with Crippen LogP contribution in [0.15, 0.2) is 18.2 Å². The predicted octanol–water partition coefficient (Wildman–Crippen LogP) is 1.99. The van der Waals surface area contributed by atoms with E-state index in [2.05, 4.69) is 0 Å². The summed E-state index contributed by atoms with van der Waals surface area (Å²) in [5.41, 5.74) is 5.93. The van der Waals surface area contributed by atoms with E-state index in [4.69, 9.17) is 5.73 Å². The van der Waals surface area contributed by atoms with E-state index >= 15 is 0 Å². The van der Waals surface area contributed by atoms with E-state index in [0.717, 1.165) is 17.9 Å². The van der Waals surface area contributed by atoms with Crippen LogP contribution in [-0.4, -0.2) is 35.4 Å². The second kappa shape index (κ2) is 4.96. The van der Waals surface area contributed by atoms with Crippen molar-refractivity contribution in [3.8, 4) is 0 Å². The predicted molar refractivity (Wildman–Crippen MR) is 68.6 cm³/mol. The number of rotatable bonds is 2. The topological polar surface area (TPSA) is 46.3 Å². The van der Waals surface area contributed by atoms with E-state index in [1.54, 1.807) is 11.9 Å². The van der Waals surface area contributed by atoms with E-state index in [-0.39, 0.29) is 17.6 Å². The van der Waals surface area contributed by atoms with Crippen LogP contribution in [0.3, 0.4) is 0 Å². The second-order valence-electron chi connectivity index (χ2n) is 4.17. The number of nitrogens with two attached hydrogens (primary N) is 1. The zero-order valence-corrected chi connectivity index (χ0v) is 10.5. The van der Waals surface area contributed by atoms with Crippen molar-refractivity contribution in [1.82, 2.24) is 4.90 Å². The summed E-state index contributed by atoms with van der Waals surface area (Å²) in [5.74, 6) is 1.48. The van der Waals surface area contributed by atoms with E-state index < -0.39 is 5.82 Å². The van der Waals surface area contributed by atoms with Crippen LogP contribution < -0.4 is 5.73 Å². The molecule has 1 unspecified atom stereocenters. The SMILES string of the molecule is CN(C(=O)c1ccc(F)c(N)c1)C1CCSC1. The first-order valence-corrected chi connectivity index (χ1v) is 6.65. The highest BCUT2D eigenvalue weighted by Crippen LogP contribution is 2.23. The Hall–Kier alpha value is -1.23. The number of thioether (sulfide) groups is 1. The van der Waals surface area contributed by atoms with Crippen molar-refractivity contribution in [1.29, 1.82) is 0 Å². The fourth-order valence-electron chi connectivity index (χ4n) is 1.87. The Morgan fingerprint density at radius 2 is 2.35 bits per heavy atom. The smallest absolute Gasteiger partial charge is 0.253 e. The van der Waals surface area contributed by atoms with Crippen molar-refractivity contribution in [2.75, 3.05) is 24.3 Å². The van der Waals surface area contributed by atoms with Crippen LogP contribution in [-0.2, 0) is 0 Å². The molecule has 92 valence electrons. The number of nitrogens with zero attached hydrogens (tertiary/aromatic N) is 1. The van der Waals surface area contributed by atoms with E-state index in [0.29, 0.717) is 5.56 Å². The largest absolute Gasteiger partial charge is 0.396 e. The third-order valence-electron chi connectivity index (χ3n) is 3.02. The summed E-state index contributed by atoms with van der Waals surface area (Å²) in [5, 5.41) is 0. The second-order valence-corrected chi connectivity index (χ2v) is 5.32. The molecule has 0 spiro atoms. The van der Waals surface area contributed by atoms with Crippen LogP contribution in [0.5, 0.6) is 0 Å². The lowest BCUT2D eigenvalue weighted by molar-refractivity contribution is 0.0748. The number of carbonyl (C=O) groups excluding carboxylic acids is 1. The molecule has 2 rings (SSSR count). The Kier molecular flexibility index (Phi) is 3.57. The van der Waals surface area contributed by atoms with Crippen molar-refractivity contribution in [2.45, 2.75) is 12.5 Å². The monoisotopic (exact) mass is 254 g/mol. The van der Waals surface area contributed by atoms with E-state index in [9.17, 15) is 9.18 Å². The van der Waals surface area contributed by atoms with Gasteiger partial charge in [0.05, 0.1) is 5.69 Å². The molecule has 1 saturated heterocycles. The number of benzene rings is 1. The zero-order valence-electron chi connectivity index (χ0n) is 9.65. The summed E-state index contributed by atoms with van der Waals surface area (Å²) in [6, 6.07) is 4.39. The van der Waals surface area contributed by atoms with Gasteiger partial charge in [-0.15, -0.1) is 0 Å². The maximum atomic E-state index is 13.0. The Bertz CT molecular complexity index is 433. The molecule has 0 saturated carbocycles. The number of carbonyl (C=O) groups is 1. The van der Waals surface area contributed by atoms with Crippen LogP contribution in [0.4, 0.5) is 10.1 Å². The average molecular weight is 254 g/mol. The van der Waals surface area contributed by atoms with Crippen LogP contribution in [0.2, 0.25) is 0 Å². The summed E-state index contributed by atoms with van der Waals surface area (Å²) in [6.07, 6.45) is 1.02. The van der Waals surface area contributed by atoms with Crippen molar-refractivity contribution in [3.63, 3.8) is 0 Å². The maximum Gasteiger partial charge on any atom is 0.253 e. The molecule has 0 bridgehead atoms. The molecule has 0 aromatic heterocycles. The molecule has 2 N–H and O–H groups in total. The van der Waals surface area contributed by atoms with Gasteiger partial charge in [0.15, 0.2) is 0 Å². The summed E-state index contributed by atoms with van der Waals surface area (Å²) in [4.78, 5) is 13.9. The molecule has 3 nitrogen and oxygen atoms in total. The van der Waals surface area contributed by atoms with Crippen LogP contribution in [0, 0.1) is 5.82 Å². The Morgan fingerprint density at radius 1 is 1.59 bits per heavy atom. The number of hydrogen-bond donors (Lipinski definition) is 1. The lowest BCUT2D eigenvalue weighted by Crippen LogP contribution is -2.37. The fourth-order valence-corrected chi connectivity index (χ4v) is 3.14. The van der Waals surface area contributed by atoms with Crippen molar-refractivity contribution < 1.29 is 9.18 Å². The first kappa shape index (κ1) is 12.2. The molecule has 1 aromatic rings. The third-order valence-corrected chi connectivity index (χ3v) is 4.16.